The second-order valence-corrected chi connectivity index (χ2v) is 8.86. The maximum Gasteiger partial charge on any atom is 0.494 e. The van der Waals surface area contributed by atoms with Crippen LogP contribution in [0.2, 0.25) is 0 Å². The van der Waals surface area contributed by atoms with Gasteiger partial charge in [-0.15, -0.1) is 0 Å². The highest BCUT2D eigenvalue weighted by molar-refractivity contribution is 6.62. The number of amides is 1. The maximum atomic E-state index is 12.8. The fourth-order valence-corrected chi connectivity index (χ4v) is 3.84. The second-order valence-electron chi connectivity index (χ2n) is 8.86. The summed E-state index contributed by atoms with van der Waals surface area (Å²) in [5, 5.41) is 9.58. The molecule has 0 unspecified atom stereocenters. The Bertz CT molecular complexity index is 995. The van der Waals surface area contributed by atoms with Crippen molar-refractivity contribution in [1.82, 2.24) is 14.9 Å². The molecular weight excluding hydrogens is 373 g/mol. The Morgan fingerprint density at radius 1 is 1.21 bits per heavy atom. The van der Waals surface area contributed by atoms with E-state index in [1.807, 2.05) is 39.8 Å². The molecular formula is C20H26BN3O5. The number of aromatic nitrogens is 2. The molecule has 0 bridgehead atoms. The SMILES string of the molecule is CC1(C)OB(c2ccc3nc(C4CCN(C(=O)O)CC4)[nH]c(=O)c3c2)OC1(C)C. The zero-order valence-corrected chi connectivity index (χ0v) is 17.2. The molecule has 2 fully saturated rings. The molecule has 0 spiro atoms. The number of carbonyl (C=O) groups is 1. The predicted molar refractivity (Wildman–Crippen MR) is 110 cm³/mol. The minimum absolute atomic E-state index is 0.0467. The molecule has 4 rings (SSSR count). The molecule has 2 aliphatic rings. The van der Waals surface area contributed by atoms with E-state index in [2.05, 4.69) is 9.97 Å². The van der Waals surface area contributed by atoms with E-state index < -0.39 is 24.4 Å². The van der Waals surface area contributed by atoms with Crippen LogP contribution in [0.15, 0.2) is 23.0 Å². The maximum absolute atomic E-state index is 12.8. The molecule has 1 aromatic carbocycles. The van der Waals surface area contributed by atoms with Gasteiger partial charge in [-0.05, 0) is 58.1 Å². The van der Waals surface area contributed by atoms with Crippen molar-refractivity contribution in [2.75, 3.05) is 13.1 Å². The predicted octanol–water partition coefficient (Wildman–Crippen LogP) is 2.08. The van der Waals surface area contributed by atoms with Crippen molar-refractivity contribution in [1.29, 1.82) is 0 Å². The van der Waals surface area contributed by atoms with Crippen molar-refractivity contribution < 1.29 is 19.2 Å². The molecule has 1 amide bonds. The van der Waals surface area contributed by atoms with Gasteiger partial charge in [0.25, 0.3) is 5.56 Å². The lowest BCUT2D eigenvalue weighted by Gasteiger charge is -2.32. The van der Waals surface area contributed by atoms with Crippen LogP contribution in [0.3, 0.4) is 0 Å². The van der Waals surface area contributed by atoms with Crippen molar-refractivity contribution >= 4 is 29.6 Å². The van der Waals surface area contributed by atoms with Gasteiger partial charge in [0.1, 0.15) is 5.82 Å². The Kier molecular flexibility index (Phi) is 4.70. The van der Waals surface area contributed by atoms with Crippen molar-refractivity contribution in [3.8, 4) is 0 Å². The topological polar surface area (TPSA) is 105 Å². The summed E-state index contributed by atoms with van der Waals surface area (Å²) < 4.78 is 12.2. The van der Waals surface area contributed by atoms with Gasteiger partial charge >= 0.3 is 13.2 Å². The third kappa shape index (κ3) is 3.53. The molecule has 2 aromatic rings. The average molecular weight is 399 g/mol. The summed E-state index contributed by atoms with van der Waals surface area (Å²) in [6.07, 6.45) is 0.387. The highest BCUT2D eigenvalue weighted by Gasteiger charge is 2.51. The number of benzene rings is 1. The van der Waals surface area contributed by atoms with Crippen molar-refractivity contribution in [2.45, 2.75) is 57.7 Å². The standard InChI is InChI=1S/C20H26BN3O5/c1-19(2)20(3,4)29-21(28-19)13-5-6-15-14(11-13)17(25)23-16(22-15)12-7-9-24(10-8-12)18(26)27/h5-6,11-12H,7-10H2,1-4H3,(H,26,27)(H,22,23,25). The minimum Gasteiger partial charge on any atom is -0.465 e. The number of rotatable bonds is 2. The number of nitrogens with zero attached hydrogens (tertiary/aromatic N) is 2. The van der Waals surface area contributed by atoms with Gasteiger partial charge in [-0.1, -0.05) is 6.07 Å². The van der Waals surface area contributed by atoms with Crippen LogP contribution in [0.25, 0.3) is 10.9 Å². The monoisotopic (exact) mass is 399 g/mol. The average Bonchev–Trinajstić information content (AvgIpc) is 2.89. The second kappa shape index (κ2) is 6.85. The fourth-order valence-electron chi connectivity index (χ4n) is 3.84. The summed E-state index contributed by atoms with van der Waals surface area (Å²) >= 11 is 0. The number of hydrogen-bond donors (Lipinski definition) is 2. The van der Waals surface area contributed by atoms with E-state index in [9.17, 15) is 9.59 Å². The zero-order chi connectivity index (χ0) is 21.0. The van der Waals surface area contributed by atoms with Gasteiger partial charge in [0.05, 0.1) is 22.1 Å². The molecule has 1 aromatic heterocycles. The van der Waals surface area contributed by atoms with Gasteiger partial charge in [-0.2, -0.15) is 0 Å². The van der Waals surface area contributed by atoms with Gasteiger partial charge in [0, 0.05) is 19.0 Å². The lowest BCUT2D eigenvalue weighted by Crippen LogP contribution is -2.41. The van der Waals surface area contributed by atoms with E-state index in [1.54, 1.807) is 6.07 Å². The van der Waals surface area contributed by atoms with Crippen molar-refractivity contribution in [2.24, 2.45) is 0 Å². The first-order valence-corrected chi connectivity index (χ1v) is 9.95. The summed E-state index contributed by atoms with van der Waals surface area (Å²) in [5.41, 5.74) is 0.289. The molecule has 8 nitrogen and oxygen atoms in total. The Labute approximate surface area is 169 Å². The summed E-state index contributed by atoms with van der Waals surface area (Å²) in [7, 11) is -0.538. The van der Waals surface area contributed by atoms with Crippen molar-refractivity contribution in [3.63, 3.8) is 0 Å². The quantitative estimate of drug-likeness (QED) is 0.750. The Morgan fingerprint density at radius 2 is 1.83 bits per heavy atom. The lowest BCUT2D eigenvalue weighted by atomic mass is 9.78. The van der Waals surface area contributed by atoms with Gasteiger partial charge < -0.3 is 24.3 Å². The third-order valence-electron chi connectivity index (χ3n) is 6.43. The molecule has 0 aliphatic carbocycles. The largest absolute Gasteiger partial charge is 0.494 e. The summed E-state index contributed by atoms with van der Waals surface area (Å²) in [5.74, 6) is 0.668. The van der Waals surface area contributed by atoms with E-state index in [0.717, 1.165) is 5.46 Å². The normalized spacial score (nSPS) is 21.7. The number of likely N-dealkylation sites (tertiary alicyclic amines) is 1. The van der Waals surface area contributed by atoms with Gasteiger partial charge in [-0.3, -0.25) is 4.79 Å². The molecule has 2 N–H and O–H groups in total. The first-order valence-electron chi connectivity index (χ1n) is 9.95. The number of H-pyrrole nitrogens is 1. The third-order valence-corrected chi connectivity index (χ3v) is 6.43. The summed E-state index contributed by atoms with van der Waals surface area (Å²) in [4.78, 5) is 32.8. The molecule has 0 radical (unpaired) electrons. The summed E-state index contributed by atoms with van der Waals surface area (Å²) in [6.45, 7) is 8.86. The van der Waals surface area contributed by atoms with Gasteiger partial charge in [0.15, 0.2) is 0 Å². The Morgan fingerprint density at radius 3 is 2.41 bits per heavy atom. The smallest absolute Gasteiger partial charge is 0.465 e. The fraction of sp³-hybridized carbons (Fsp3) is 0.550. The highest BCUT2D eigenvalue weighted by atomic mass is 16.7. The van der Waals surface area contributed by atoms with E-state index in [0.29, 0.717) is 42.7 Å². The van der Waals surface area contributed by atoms with Crippen molar-refractivity contribution in [3.05, 3.63) is 34.4 Å². The lowest BCUT2D eigenvalue weighted by molar-refractivity contribution is 0.00578. The molecule has 2 aliphatic heterocycles. The first kappa shape index (κ1) is 19.9. The minimum atomic E-state index is -0.904. The van der Waals surface area contributed by atoms with Crippen LogP contribution < -0.4 is 11.0 Å². The molecule has 29 heavy (non-hydrogen) atoms. The number of aromatic amines is 1. The van der Waals surface area contributed by atoms with E-state index in [4.69, 9.17) is 14.4 Å². The van der Waals surface area contributed by atoms with Gasteiger partial charge in [0.2, 0.25) is 0 Å². The molecule has 0 saturated carbocycles. The van der Waals surface area contributed by atoms with Gasteiger partial charge in [-0.25, -0.2) is 9.78 Å². The Hall–Kier alpha value is -2.39. The van der Waals surface area contributed by atoms with Crippen LogP contribution in [0.1, 0.15) is 52.3 Å². The molecule has 9 heteroatoms. The van der Waals surface area contributed by atoms with E-state index in [1.165, 1.54) is 4.90 Å². The van der Waals surface area contributed by atoms with Crippen LogP contribution in [0, 0.1) is 0 Å². The number of hydrogen-bond acceptors (Lipinski definition) is 5. The highest BCUT2D eigenvalue weighted by Crippen LogP contribution is 2.36. The molecule has 2 saturated heterocycles. The van der Waals surface area contributed by atoms with Crippen LogP contribution in [-0.4, -0.2) is 57.5 Å². The van der Waals surface area contributed by atoms with Crippen LogP contribution in [-0.2, 0) is 9.31 Å². The summed E-state index contributed by atoms with van der Waals surface area (Å²) in [6, 6.07) is 5.48. The van der Waals surface area contributed by atoms with Crippen LogP contribution in [0.5, 0.6) is 0 Å². The van der Waals surface area contributed by atoms with Crippen LogP contribution in [0.4, 0.5) is 4.79 Å². The van der Waals surface area contributed by atoms with E-state index >= 15 is 0 Å². The zero-order valence-electron chi connectivity index (χ0n) is 17.2. The Balaban J connectivity index is 1.60. The molecule has 0 atom stereocenters. The van der Waals surface area contributed by atoms with E-state index in [-0.39, 0.29) is 11.5 Å². The number of nitrogens with one attached hydrogen (secondary N) is 1. The number of carboxylic acid groups (broad SMARTS) is 1. The molecule has 3 heterocycles. The molecule has 154 valence electrons. The first-order chi connectivity index (χ1) is 13.6. The van der Waals surface area contributed by atoms with Crippen LogP contribution >= 0.6 is 0 Å². The number of fused-ring (bicyclic) bond motifs is 1. The number of piperidine rings is 1.